The van der Waals surface area contributed by atoms with Crippen LogP contribution < -0.4 is 4.90 Å². The van der Waals surface area contributed by atoms with Crippen LogP contribution >= 0.6 is 34.5 Å². The van der Waals surface area contributed by atoms with Crippen LogP contribution in [0.5, 0.6) is 0 Å². The summed E-state index contributed by atoms with van der Waals surface area (Å²) in [4.78, 5) is 20.8. The molecule has 0 N–H and O–H groups in total. The van der Waals surface area contributed by atoms with Gasteiger partial charge in [0, 0.05) is 24.8 Å². The molecule has 2 aromatic rings. The van der Waals surface area contributed by atoms with Crippen molar-refractivity contribution < 1.29 is 9.53 Å². The van der Waals surface area contributed by atoms with E-state index in [0.717, 1.165) is 31.1 Å². The molecule has 0 aromatic carbocycles. The van der Waals surface area contributed by atoms with E-state index < -0.39 is 5.60 Å². The number of aromatic nitrogens is 3. The topological polar surface area (TPSA) is 71.5 Å². The minimum Gasteiger partial charge on any atom is -0.444 e. The molecular weight excluding hydrogens is 421 g/mol. The molecule has 28 heavy (non-hydrogen) atoms. The molecule has 0 spiro atoms. The van der Waals surface area contributed by atoms with E-state index in [0.29, 0.717) is 20.7 Å². The van der Waals surface area contributed by atoms with Crippen LogP contribution in [0.4, 0.5) is 9.93 Å². The maximum atomic E-state index is 12.6. The Labute approximate surface area is 177 Å². The van der Waals surface area contributed by atoms with E-state index in [1.54, 1.807) is 12.3 Å². The predicted octanol–water partition coefficient (Wildman–Crippen LogP) is 4.50. The Bertz CT molecular complexity index is 886. The first-order chi connectivity index (χ1) is 13.2. The Hall–Kier alpha value is -1.64. The maximum absolute atomic E-state index is 12.6. The van der Waals surface area contributed by atoms with Crippen molar-refractivity contribution in [2.24, 2.45) is 0 Å². The molecule has 0 saturated carbocycles. The average Bonchev–Trinajstić information content (AvgIpc) is 3.16. The van der Waals surface area contributed by atoms with Crippen molar-refractivity contribution in [2.75, 3.05) is 18.0 Å². The van der Waals surface area contributed by atoms with Crippen molar-refractivity contribution in [1.82, 2.24) is 20.1 Å². The third kappa shape index (κ3) is 3.90. The van der Waals surface area contributed by atoms with Gasteiger partial charge < -0.3 is 9.64 Å². The summed E-state index contributed by atoms with van der Waals surface area (Å²) in [5, 5.41) is 11.0. The van der Waals surface area contributed by atoms with Gasteiger partial charge in [-0.15, -0.1) is 10.2 Å². The van der Waals surface area contributed by atoms with E-state index in [9.17, 15) is 4.79 Å². The maximum Gasteiger partial charge on any atom is 0.410 e. The molecule has 2 saturated heterocycles. The number of hydrogen-bond acceptors (Lipinski definition) is 7. The van der Waals surface area contributed by atoms with Gasteiger partial charge in [0.1, 0.15) is 10.8 Å². The molecule has 0 aliphatic carbocycles. The van der Waals surface area contributed by atoms with Gasteiger partial charge in [0.25, 0.3) is 0 Å². The molecule has 2 bridgehead atoms. The molecule has 0 radical (unpaired) electrons. The summed E-state index contributed by atoms with van der Waals surface area (Å²) in [5.74, 6) is 0. The van der Waals surface area contributed by atoms with E-state index in [2.05, 4.69) is 20.1 Å². The van der Waals surface area contributed by atoms with Gasteiger partial charge in [-0.1, -0.05) is 34.5 Å². The highest BCUT2D eigenvalue weighted by Crippen LogP contribution is 2.38. The van der Waals surface area contributed by atoms with Crippen LogP contribution in [0.25, 0.3) is 10.6 Å². The van der Waals surface area contributed by atoms with E-state index in [4.69, 9.17) is 27.9 Å². The van der Waals surface area contributed by atoms with Gasteiger partial charge >= 0.3 is 6.09 Å². The van der Waals surface area contributed by atoms with Crippen LogP contribution in [0.1, 0.15) is 33.6 Å². The number of rotatable bonds is 2. The molecule has 4 heterocycles. The fourth-order valence-corrected chi connectivity index (χ4v) is 5.09. The Morgan fingerprint density at radius 1 is 1.21 bits per heavy atom. The van der Waals surface area contributed by atoms with Gasteiger partial charge in [-0.25, -0.2) is 9.78 Å². The van der Waals surface area contributed by atoms with Gasteiger partial charge in [-0.05, 0) is 39.7 Å². The van der Waals surface area contributed by atoms with Crippen LogP contribution in [0, 0.1) is 0 Å². The lowest BCUT2D eigenvalue weighted by Crippen LogP contribution is -2.56. The SMILES string of the molecule is CC(C)(C)OC(=O)N1C2CCC1CN(c1nnc(-c3cnc(Cl)cc3Cl)s1)C2. The van der Waals surface area contributed by atoms with Gasteiger partial charge in [0.2, 0.25) is 5.13 Å². The first-order valence-electron chi connectivity index (χ1n) is 9.12. The molecule has 2 aromatic heterocycles. The average molecular weight is 442 g/mol. The van der Waals surface area contributed by atoms with Crippen molar-refractivity contribution in [2.45, 2.75) is 51.3 Å². The van der Waals surface area contributed by atoms with Crippen molar-refractivity contribution in [3.05, 3.63) is 22.4 Å². The van der Waals surface area contributed by atoms with E-state index in [1.165, 1.54) is 11.3 Å². The normalized spacial score (nSPS) is 21.9. The minimum atomic E-state index is -0.492. The van der Waals surface area contributed by atoms with Crippen LogP contribution in [0.3, 0.4) is 0 Å². The van der Waals surface area contributed by atoms with Crippen LogP contribution in [0.15, 0.2) is 12.3 Å². The van der Waals surface area contributed by atoms with Gasteiger partial charge in [0.05, 0.1) is 17.1 Å². The van der Waals surface area contributed by atoms with Gasteiger partial charge in [-0.2, -0.15) is 0 Å². The van der Waals surface area contributed by atoms with Crippen molar-refractivity contribution >= 4 is 45.8 Å². The third-order valence-corrected chi connectivity index (χ3v) is 6.36. The predicted molar refractivity (Wildman–Crippen MR) is 110 cm³/mol. The summed E-state index contributed by atoms with van der Waals surface area (Å²) in [6.07, 6.45) is 3.33. The molecule has 2 fully saturated rings. The lowest BCUT2D eigenvalue weighted by molar-refractivity contribution is 0.0123. The molecule has 4 rings (SSSR count). The van der Waals surface area contributed by atoms with Crippen LogP contribution in [-0.4, -0.2) is 56.9 Å². The molecule has 150 valence electrons. The zero-order chi connectivity index (χ0) is 20.1. The number of carbonyl (C=O) groups is 1. The summed E-state index contributed by atoms with van der Waals surface area (Å²) < 4.78 is 5.59. The number of piperazine rings is 1. The second-order valence-corrected chi connectivity index (χ2v) is 9.80. The quantitative estimate of drug-likeness (QED) is 0.638. The second-order valence-electron chi connectivity index (χ2n) is 8.05. The summed E-state index contributed by atoms with van der Waals surface area (Å²) in [6.45, 7) is 7.11. The summed E-state index contributed by atoms with van der Waals surface area (Å²) >= 11 is 13.6. The third-order valence-electron chi connectivity index (χ3n) is 4.82. The van der Waals surface area contributed by atoms with E-state index >= 15 is 0 Å². The zero-order valence-corrected chi connectivity index (χ0v) is 18.2. The highest BCUT2D eigenvalue weighted by Gasteiger charge is 2.45. The number of ether oxygens (including phenoxy) is 1. The van der Waals surface area contributed by atoms with Gasteiger partial charge in [-0.3, -0.25) is 4.90 Å². The fraction of sp³-hybridized carbons (Fsp3) is 0.556. The molecule has 2 atom stereocenters. The lowest BCUT2D eigenvalue weighted by Gasteiger charge is -2.41. The standard InChI is InChI=1S/C18H21Cl2N5O2S/c1-18(2,3)27-17(26)25-10-4-5-11(25)9-24(8-10)16-23-22-15(28-16)12-7-21-14(20)6-13(12)19/h6-7,10-11H,4-5,8-9H2,1-3H3. The second kappa shape index (κ2) is 7.31. The number of carbonyl (C=O) groups excluding carboxylic acids is 1. The van der Waals surface area contributed by atoms with Gasteiger partial charge in [0.15, 0.2) is 5.01 Å². The first kappa shape index (κ1) is 19.7. The Kier molecular flexibility index (Phi) is 5.14. The first-order valence-corrected chi connectivity index (χ1v) is 10.7. The summed E-state index contributed by atoms with van der Waals surface area (Å²) in [7, 11) is 0. The monoisotopic (exact) mass is 441 g/mol. The van der Waals surface area contributed by atoms with Crippen LogP contribution in [0.2, 0.25) is 10.2 Å². The number of anilines is 1. The molecule has 2 unspecified atom stereocenters. The Morgan fingerprint density at radius 2 is 1.89 bits per heavy atom. The lowest BCUT2D eigenvalue weighted by atomic mass is 10.2. The number of halogens is 2. The highest BCUT2D eigenvalue weighted by atomic mass is 35.5. The zero-order valence-electron chi connectivity index (χ0n) is 15.9. The van der Waals surface area contributed by atoms with Crippen molar-refractivity contribution in [3.8, 4) is 10.6 Å². The molecule has 7 nitrogen and oxygen atoms in total. The molecule has 2 aliphatic rings. The number of pyridine rings is 1. The highest BCUT2D eigenvalue weighted by molar-refractivity contribution is 7.18. The molecule has 1 amide bonds. The summed E-state index contributed by atoms with van der Waals surface area (Å²) in [5.41, 5.74) is 0.221. The Morgan fingerprint density at radius 3 is 2.50 bits per heavy atom. The number of nitrogens with zero attached hydrogens (tertiary/aromatic N) is 5. The Balaban J connectivity index is 1.50. The smallest absolute Gasteiger partial charge is 0.410 e. The van der Waals surface area contributed by atoms with Crippen LogP contribution in [-0.2, 0) is 4.74 Å². The van der Waals surface area contributed by atoms with E-state index in [1.807, 2.05) is 25.7 Å². The van der Waals surface area contributed by atoms with Crippen molar-refractivity contribution in [1.29, 1.82) is 0 Å². The molecule has 10 heteroatoms. The summed E-state index contributed by atoms with van der Waals surface area (Å²) in [6, 6.07) is 1.85. The van der Waals surface area contributed by atoms with E-state index in [-0.39, 0.29) is 18.2 Å². The minimum absolute atomic E-state index is 0.127. The number of hydrogen-bond donors (Lipinski definition) is 0. The van der Waals surface area contributed by atoms with Crippen molar-refractivity contribution in [3.63, 3.8) is 0 Å². The molecular formula is C18H21Cl2N5O2S. The fourth-order valence-electron chi connectivity index (χ4n) is 3.69. The molecule has 2 aliphatic heterocycles. The number of amides is 1. The number of fused-ring (bicyclic) bond motifs is 2. The largest absolute Gasteiger partial charge is 0.444 e.